The Morgan fingerprint density at radius 2 is 1.94 bits per heavy atom. The van der Waals surface area contributed by atoms with E-state index in [0.29, 0.717) is 0 Å². The van der Waals surface area contributed by atoms with Crippen LogP contribution in [0.2, 0.25) is 0 Å². The molecule has 1 aliphatic carbocycles. The van der Waals surface area contributed by atoms with E-state index in [1.165, 1.54) is 29.7 Å². The summed E-state index contributed by atoms with van der Waals surface area (Å²) >= 11 is 0. The number of aromatic nitrogens is 1. The van der Waals surface area contributed by atoms with Gasteiger partial charge in [-0.05, 0) is 50.3 Å². The Hall–Kier alpha value is -1.28. The predicted molar refractivity (Wildman–Crippen MR) is 74.8 cm³/mol. The first kappa shape index (κ1) is 12.2. The summed E-state index contributed by atoms with van der Waals surface area (Å²) in [6, 6.07) is 6.33. The lowest BCUT2D eigenvalue weighted by molar-refractivity contribution is 0.673. The maximum atomic E-state index is 6.27. The molecule has 0 spiro atoms. The van der Waals surface area contributed by atoms with E-state index in [1.807, 2.05) is 0 Å². The molecule has 17 heavy (non-hydrogen) atoms. The largest absolute Gasteiger partial charge is 0.398 e. The Kier molecular flexibility index (Phi) is 3.25. The lowest BCUT2D eigenvalue weighted by Gasteiger charge is -2.18. The highest BCUT2D eigenvalue weighted by Crippen LogP contribution is 2.31. The first-order chi connectivity index (χ1) is 7.75. The molecule has 1 aliphatic rings. The van der Waals surface area contributed by atoms with Crippen molar-refractivity contribution >= 4 is 29.0 Å². The van der Waals surface area contributed by atoms with Crippen LogP contribution in [0.5, 0.6) is 0 Å². The number of benzene rings is 1. The van der Waals surface area contributed by atoms with Gasteiger partial charge in [0.15, 0.2) is 0 Å². The molecule has 0 amide bonds. The maximum Gasteiger partial charge on any atom is 0.0726 e. The Morgan fingerprint density at radius 3 is 2.76 bits per heavy atom. The number of hydrogen-bond donors (Lipinski definition) is 1. The van der Waals surface area contributed by atoms with Crippen molar-refractivity contribution in [1.82, 2.24) is 4.98 Å². The van der Waals surface area contributed by atoms with Crippen molar-refractivity contribution < 1.29 is 0 Å². The lowest BCUT2D eigenvalue weighted by Crippen LogP contribution is -2.09. The molecular weight excluding hydrogens is 232 g/mol. The number of hydrogen-bond acceptors (Lipinski definition) is 2. The van der Waals surface area contributed by atoms with Crippen molar-refractivity contribution in [2.24, 2.45) is 0 Å². The Balaban J connectivity index is 0.00000108. The van der Waals surface area contributed by atoms with Gasteiger partial charge in [0.25, 0.3) is 0 Å². The summed E-state index contributed by atoms with van der Waals surface area (Å²) in [7, 11) is 0. The zero-order valence-corrected chi connectivity index (χ0v) is 10.8. The quantitative estimate of drug-likeness (QED) is 0.776. The first-order valence-corrected chi connectivity index (χ1v) is 5.93. The second-order valence-electron chi connectivity index (χ2n) is 4.68. The third kappa shape index (κ3) is 1.98. The van der Waals surface area contributed by atoms with E-state index in [-0.39, 0.29) is 12.4 Å². The van der Waals surface area contributed by atoms with E-state index in [9.17, 15) is 0 Å². The highest BCUT2D eigenvalue weighted by Gasteiger charge is 2.15. The average molecular weight is 249 g/mol. The molecule has 0 bridgehead atoms. The van der Waals surface area contributed by atoms with Crippen LogP contribution in [0.3, 0.4) is 0 Å². The number of nitrogens with zero attached hydrogens (tertiary/aromatic N) is 1. The molecular formula is C14H17ClN2. The molecule has 1 aromatic carbocycles. The SMILES string of the molecule is Cc1ccc2nc3c(c(N)c2c1)CCCC3.Cl. The highest BCUT2D eigenvalue weighted by atomic mass is 35.5. The molecule has 2 nitrogen and oxygen atoms in total. The van der Waals surface area contributed by atoms with Crippen molar-refractivity contribution in [2.75, 3.05) is 5.73 Å². The van der Waals surface area contributed by atoms with Crippen molar-refractivity contribution in [1.29, 1.82) is 0 Å². The maximum absolute atomic E-state index is 6.27. The summed E-state index contributed by atoms with van der Waals surface area (Å²) in [5.41, 5.74) is 12.0. The van der Waals surface area contributed by atoms with Gasteiger partial charge in [0.1, 0.15) is 0 Å². The van der Waals surface area contributed by atoms with E-state index < -0.39 is 0 Å². The van der Waals surface area contributed by atoms with Crippen molar-refractivity contribution in [3.8, 4) is 0 Å². The van der Waals surface area contributed by atoms with Crippen LogP contribution in [0.25, 0.3) is 10.9 Å². The van der Waals surface area contributed by atoms with Gasteiger partial charge in [-0.15, -0.1) is 12.4 Å². The van der Waals surface area contributed by atoms with Crippen LogP contribution in [0.4, 0.5) is 5.69 Å². The standard InChI is InChI=1S/C14H16N2.ClH/c1-9-6-7-13-11(8-9)14(15)10-4-2-3-5-12(10)16-13;/h6-8H,2-5H2,1H3,(H2,15,16);1H. The Morgan fingerprint density at radius 1 is 1.18 bits per heavy atom. The fourth-order valence-electron chi connectivity index (χ4n) is 2.57. The van der Waals surface area contributed by atoms with Gasteiger partial charge in [-0.2, -0.15) is 0 Å². The number of nitrogens with two attached hydrogens (primary N) is 1. The highest BCUT2D eigenvalue weighted by molar-refractivity contribution is 5.92. The van der Waals surface area contributed by atoms with Crippen LogP contribution >= 0.6 is 12.4 Å². The molecule has 3 heteroatoms. The molecule has 2 N–H and O–H groups in total. The second-order valence-corrected chi connectivity index (χ2v) is 4.68. The molecule has 1 aromatic heterocycles. The molecule has 0 unspecified atom stereocenters. The van der Waals surface area contributed by atoms with E-state index >= 15 is 0 Å². The van der Waals surface area contributed by atoms with Crippen LogP contribution in [0, 0.1) is 6.92 Å². The number of halogens is 1. The molecule has 90 valence electrons. The minimum absolute atomic E-state index is 0. The minimum atomic E-state index is 0. The predicted octanol–water partition coefficient (Wildman–Crippen LogP) is 3.43. The minimum Gasteiger partial charge on any atom is -0.398 e. The molecule has 0 saturated heterocycles. The van der Waals surface area contributed by atoms with Crippen LogP contribution < -0.4 is 5.73 Å². The van der Waals surface area contributed by atoms with Gasteiger partial charge < -0.3 is 5.73 Å². The second kappa shape index (κ2) is 4.53. The average Bonchev–Trinajstić information content (AvgIpc) is 2.31. The third-order valence-corrected chi connectivity index (χ3v) is 3.46. The van der Waals surface area contributed by atoms with E-state index in [1.54, 1.807) is 0 Å². The number of aryl methyl sites for hydroxylation is 2. The van der Waals surface area contributed by atoms with E-state index in [2.05, 4.69) is 25.1 Å². The van der Waals surface area contributed by atoms with Gasteiger partial charge in [0.05, 0.1) is 5.52 Å². The van der Waals surface area contributed by atoms with E-state index in [4.69, 9.17) is 10.7 Å². The normalized spacial score (nSPS) is 14.2. The summed E-state index contributed by atoms with van der Waals surface area (Å²) in [6.45, 7) is 2.10. The number of pyridine rings is 1. The van der Waals surface area contributed by atoms with Crippen molar-refractivity contribution in [3.63, 3.8) is 0 Å². The number of fused-ring (bicyclic) bond motifs is 2. The van der Waals surface area contributed by atoms with Crippen LogP contribution in [0.1, 0.15) is 29.7 Å². The van der Waals surface area contributed by atoms with Crippen LogP contribution in [-0.2, 0) is 12.8 Å². The van der Waals surface area contributed by atoms with Gasteiger partial charge in [-0.25, -0.2) is 0 Å². The van der Waals surface area contributed by atoms with Gasteiger partial charge in [0, 0.05) is 16.8 Å². The third-order valence-electron chi connectivity index (χ3n) is 3.46. The summed E-state index contributed by atoms with van der Waals surface area (Å²) < 4.78 is 0. The topological polar surface area (TPSA) is 38.9 Å². The van der Waals surface area contributed by atoms with E-state index in [0.717, 1.165) is 29.4 Å². The summed E-state index contributed by atoms with van der Waals surface area (Å²) in [5.74, 6) is 0. The monoisotopic (exact) mass is 248 g/mol. The molecule has 0 saturated carbocycles. The molecule has 0 radical (unpaired) electrons. The Bertz CT molecular complexity index is 564. The van der Waals surface area contributed by atoms with Gasteiger partial charge >= 0.3 is 0 Å². The fourth-order valence-corrected chi connectivity index (χ4v) is 2.57. The molecule has 0 aliphatic heterocycles. The van der Waals surface area contributed by atoms with Crippen molar-refractivity contribution in [3.05, 3.63) is 35.0 Å². The zero-order chi connectivity index (χ0) is 11.1. The van der Waals surface area contributed by atoms with Crippen LogP contribution in [0.15, 0.2) is 18.2 Å². The molecule has 1 heterocycles. The lowest BCUT2D eigenvalue weighted by atomic mass is 9.92. The summed E-state index contributed by atoms with van der Waals surface area (Å²) in [6.07, 6.45) is 4.68. The van der Waals surface area contributed by atoms with Gasteiger partial charge in [-0.3, -0.25) is 4.98 Å². The van der Waals surface area contributed by atoms with Gasteiger partial charge in [0.2, 0.25) is 0 Å². The zero-order valence-electron chi connectivity index (χ0n) is 9.99. The van der Waals surface area contributed by atoms with Crippen LogP contribution in [-0.4, -0.2) is 4.98 Å². The fraction of sp³-hybridized carbons (Fsp3) is 0.357. The van der Waals surface area contributed by atoms with Crippen molar-refractivity contribution in [2.45, 2.75) is 32.6 Å². The number of nitrogen functional groups attached to an aromatic ring is 1. The molecule has 2 aromatic rings. The first-order valence-electron chi connectivity index (χ1n) is 5.93. The van der Waals surface area contributed by atoms with Gasteiger partial charge in [-0.1, -0.05) is 11.6 Å². The summed E-state index contributed by atoms with van der Waals surface area (Å²) in [5, 5.41) is 1.13. The molecule has 3 rings (SSSR count). The number of anilines is 1. The summed E-state index contributed by atoms with van der Waals surface area (Å²) in [4.78, 5) is 4.74. The Labute approximate surface area is 108 Å². The molecule has 0 fully saturated rings. The number of rotatable bonds is 0. The smallest absolute Gasteiger partial charge is 0.0726 e. The molecule has 0 atom stereocenters.